The molecule has 5 heteroatoms. The van der Waals surface area contributed by atoms with Gasteiger partial charge in [-0.15, -0.1) is 0 Å². The van der Waals surface area contributed by atoms with E-state index in [4.69, 9.17) is 9.47 Å². The van der Waals surface area contributed by atoms with Gasteiger partial charge in [0.2, 0.25) is 0 Å². The lowest BCUT2D eigenvalue weighted by Gasteiger charge is -2.17. The first-order valence-corrected chi connectivity index (χ1v) is 6.83. The van der Waals surface area contributed by atoms with Gasteiger partial charge in [0.1, 0.15) is 11.0 Å². The van der Waals surface area contributed by atoms with E-state index < -0.39 is 0 Å². The van der Waals surface area contributed by atoms with Crippen LogP contribution in [-0.4, -0.2) is 31.5 Å². The van der Waals surface area contributed by atoms with Gasteiger partial charge in [-0.05, 0) is 49.6 Å². The number of carbonyl (C=O) groups excluding carboxylic acids is 1. The maximum absolute atomic E-state index is 11.6. The number of rotatable bonds is 4. The van der Waals surface area contributed by atoms with Crippen molar-refractivity contribution in [2.75, 3.05) is 24.6 Å². The van der Waals surface area contributed by atoms with Crippen LogP contribution in [0.1, 0.15) is 13.3 Å². The van der Waals surface area contributed by atoms with E-state index in [0.29, 0.717) is 6.61 Å². The fraction of sp³-hybridized carbons (Fsp3) is 0.462. The molecule has 0 N–H and O–H groups in total. The van der Waals surface area contributed by atoms with E-state index in [1.54, 1.807) is 19.1 Å². The van der Waals surface area contributed by atoms with Crippen LogP contribution in [0.5, 0.6) is 5.75 Å². The second-order valence-electron chi connectivity index (χ2n) is 3.93. The Kier molecular flexibility index (Phi) is 4.36. The van der Waals surface area contributed by atoms with Gasteiger partial charge in [-0.25, -0.2) is 0 Å². The van der Waals surface area contributed by atoms with Crippen LogP contribution in [0.2, 0.25) is 0 Å². The highest BCUT2D eigenvalue weighted by Gasteiger charge is 2.30. The largest absolute Gasteiger partial charge is 0.497 e. The van der Waals surface area contributed by atoms with E-state index in [1.165, 1.54) is 0 Å². The minimum Gasteiger partial charge on any atom is -0.497 e. The Morgan fingerprint density at radius 2 is 2.17 bits per heavy atom. The molecule has 1 heterocycles. The van der Waals surface area contributed by atoms with Crippen molar-refractivity contribution >= 4 is 23.6 Å². The topological polar surface area (TPSA) is 38.8 Å². The Bertz CT molecular complexity index is 407. The Labute approximate surface area is 111 Å². The third-order valence-corrected chi connectivity index (χ3v) is 4.09. The number of hydrogen-bond acceptors (Lipinski definition) is 5. The van der Waals surface area contributed by atoms with Crippen LogP contribution < -0.4 is 9.04 Å². The number of anilines is 1. The summed E-state index contributed by atoms with van der Waals surface area (Å²) in [5.74, 6) is 0.725. The molecule has 98 valence electrons. The summed E-state index contributed by atoms with van der Waals surface area (Å²) in [7, 11) is 1.65. The van der Waals surface area contributed by atoms with Crippen LogP contribution in [-0.2, 0) is 9.53 Å². The molecule has 0 amide bonds. The molecule has 0 radical (unpaired) electrons. The standard InChI is InChI=1S/C13H17NO3S/c1-3-17-13(15)12-8-9-14(18-12)10-4-6-11(16-2)7-5-10/h4-7,12H,3,8-9H2,1-2H3. The van der Waals surface area contributed by atoms with E-state index in [9.17, 15) is 4.79 Å². The van der Waals surface area contributed by atoms with Crippen LogP contribution in [0, 0.1) is 0 Å². The smallest absolute Gasteiger partial charge is 0.320 e. The normalized spacial score (nSPS) is 18.8. The summed E-state index contributed by atoms with van der Waals surface area (Å²) in [5, 5.41) is -0.0768. The fourth-order valence-electron chi connectivity index (χ4n) is 1.83. The van der Waals surface area contributed by atoms with Gasteiger partial charge in [-0.2, -0.15) is 0 Å². The van der Waals surface area contributed by atoms with Crippen molar-refractivity contribution in [2.24, 2.45) is 0 Å². The van der Waals surface area contributed by atoms with Gasteiger partial charge in [-0.1, -0.05) is 0 Å². The summed E-state index contributed by atoms with van der Waals surface area (Å²) in [6, 6.07) is 7.85. The Morgan fingerprint density at radius 3 is 2.78 bits per heavy atom. The molecule has 2 rings (SSSR count). The molecule has 1 aliphatic rings. The summed E-state index contributed by atoms with van der Waals surface area (Å²) in [5.41, 5.74) is 1.09. The average molecular weight is 267 g/mol. The molecule has 0 aliphatic carbocycles. The van der Waals surface area contributed by atoms with Crippen LogP contribution >= 0.6 is 11.9 Å². The molecular formula is C13H17NO3S. The highest BCUT2D eigenvalue weighted by atomic mass is 32.2. The van der Waals surface area contributed by atoms with E-state index in [0.717, 1.165) is 24.4 Å². The van der Waals surface area contributed by atoms with Crippen molar-refractivity contribution in [1.82, 2.24) is 0 Å². The molecule has 1 aromatic carbocycles. The quantitative estimate of drug-likeness (QED) is 0.619. The molecule has 0 bridgehead atoms. The van der Waals surface area contributed by atoms with Gasteiger partial charge < -0.3 is 13.8 Å². The second-order valence-corrected chi connectivity index (χ2v) is 5.16. The molecule has 0 aromatic heterocycles. The van der Waals surface area contributed by atoms with Crippen LogP contribution in [0.25, 0.3) is 0 Å². The zero-order valence-electron chi connectivity index (χ0n) is 10.6. The highest BCUT2D eigenvalue weighted by Crippen LogP contribution is 2.35. The number of benzene rings is 1. The number of nitrogens with zero attached hydrogens (tertiary/aromatic N) is 1. The lowest BCUT2D eigenvalue weighted by molar-refractivity contribution is -0.142. The average Bonchev–Trinajstić information content (AvgIpc) is 2.89. The van der Waals surface area contributed by atoms with Gasteiger partial charge in [0.05, 0.1) is 13.7 Å². The molecule has 1 aliphatic heterocycles. The van der Waals surface area contributed by atoms with E-state index in [1.807, 2.05) is 31.2 Å². The number of esters is 1. The van der Waals surface area contributed by atoms with Gasteiger partial charge in [-0.3, -0.25) is 4.79 Å². The molecule has 4 nitrogen and oxygen atoms in total. The lowest BCUT2D eigenvalue weighted by atomic mass is 10.2. The van der Waals surface area contributed by atoms with E-state index >= 15 is 0 Å². The SMILES string of the molecule is CCOC(=O)C1CCN(c2ccc(OC)cc2)S1. The summed E-state index contributed by atoms with van der Waals surface area (Å²) in [4.78, 5) is 11.6. The monoisotopic (exact) mass is 267 g/mol. The third kappa shape index (κ3) is 2.90. The summed E-state index contributed by atoms with van der Waals surface area (Å²) in [6.07, 6.45) is 0.829. The minimum atomic E-state index is -0.112. The molecule has 1 atom stereocenters. The zero-order valence-corrected chi connectivity index (χ0v) is 11.4. The number of ether oxygens (including phenoxy) is 2. The third-order valence-electron chi connectivity index (χ3n) is 2.76. The van der Waals surface area contributed by atoms with Crippen molar-refractivity contribution in [3.63, 3.8) is 0 Å². The van der Waals surface area contributed by atoms with Crippen molar-refractivity contribution in [2.45, 2.75) is 18.6 Å². The predicted octanol–water partition coefficient (Wildman–Crippen LogP) is 2.49. The van der Waals surface area contributed by atoms with Crippen LogP contribution in [0.4, 0.5) is 5.69 Å². The van der Waals surface area contributed by atoms with Gasteiger partial charge >= 0.3 is 5.97 Å². The lowest BCUT2D eigenvalue weighted by Crippen LogP contribution is -2.17. The van der Waals surface area contributed by atoms with Crippen LogP contribution in [0.15, 0.2) is 24.3 Å². The Hall–Kier alpha value is -1.36. The molecule has 1 aromatic rings. The van der Waals surface area contributed by atoms with E-state index in [2.05, 4.69) is 4.31 Å². The first kappa shape index (κ1) is 13.1. The second kappa shape index (κ2) is 6.00. The van der Waals surface area contributed by atoms with Crippen molar-refractivity contribution < 1.29 is 14.3 Å². The fourth-order valence-corrected chi connectivity index (χ4v) is 2.95. The minimum absolute atomic E-state index is 0.0768. The summed E-state index contributed by atoms with van der Waals surface area (Å²) >= 11 is 1.54. The number of hydrogen-bond donors (Lipinski definition) is 0. The predicted molar refractivity (Wildman–Crippen MR) is 73.0 cm³/mol. The molecule has 0 saturated carbocycles. The summed E-state index contributed by atoms with van der Waals surface area (Å²) < 4.78 is 12.3. The summed E-state index contributed by atoms with van der Waals surface area (Å²) in [6.45, 7) is 3.14. The Balaban J connectivity index is 1.97. The van der Waals surface area contributed by atoms with Gasteiger partial charge in [0.25, 0.3) is 0 Å². The molecule has 1 unspecified atom stereocenters. The van der Waals surface area contributed by atoms with Crippen LogP contribution in [0.3, 0.4) is 0 Å². The maximum atomic E-state index is 11.6. The molecule has 18 heavy (non-hydrogen) atoms. The van der Waals surface area contributed by atoms with Crippen molar-refractivity contribution in [1.29, 1.82) is 0 Å². The van der Waals surface area contributed by atoms with Gasteiger partial charge in [0, 0.05) is 12.2 Å². The van der Waals surface area contributed by atoms with Gasteiger partial charge in [0.15, 0.2) is 0 Å². The Morgan fingerprint density at radius 1 is 1.44 bits per heavy atom. The number of methoxy groups -OCH3 is 1. The first-order valence-electron chi connectivity index (χ1n) is 5.99. The van der Waals surface area contributed by atoms with Crippen molar-refractivity contribution in [3.8, 4) is 5.75 Å². The maximum Gasteiger partial charge on any atom is 0.320 e. The first-order chi connectivity index (χ1) is 8.74. The molecule has 1 fully saturated rings. The molecule has 0 spiro atoms. The number of carbonyl (C=O) groups is 1. The highest BCUT2D eigenvalue weighted by molar-refractivity contribution is 8.02. The van der Waals surface area contributed by atoms with E-state index in [-0.39, 0.29) is 11.2 Å². The molecular weight excluding hydrogens is 250 g/mol. The molecule has 1 saturated heterocycles. The zero-order chi connectivity index (χ0) is 13.0. The van der Waals surface area contributed by atoms with Crippen molar-refractivity contribution in [3.05, 3.63) is 24.3 Å².